The van der Waals surface area contributed by atoms with Crippen LogP contribution in [0.3, 0.4) is 0 Å². The van der Waals surface area contributed by atoms with Crippen LogP contribution in [0.5, 0.6) is 0 Å². The summed E-state index contributed by atoms with van der Waals surface area (Å²) in [6, 6.07) is 202. The van der Waals surface area contributed by atoms with Crippen molar-refractivity contribution in [1.82, 2.24) is 13.7 Å². The van der Waals surface area contributed by atoms with E-state index < -0.39 is 0 Å². The maximum Gasteiger partial charge on any atom is 0.0555 e. The van der Waals surface area contributed by atoms with Crippen molar-refractivity contribution >= 4 is 180 Å². The normalized spacial score (nSPS) is 12.0. The van der Waals surface area contributed by atoms with Crippen molar-refractivity contribution in [2.45, 2.75) is 19.3 Å². The highest BCUT2D eigenvalue weighted by Crippen LogP contribution is 2.55. The molecule has 29 rings (SSSR count). The van der Waals surface area contributed by atoms with Crippen LogP contribution in [0, 0.1) is 0 Å². The zero-order valence-electron chi connectivity index (χ0n) is 82.1. The Kier molecular flexibility index (Phi) is 22.6. The minimum absolute atomic E-state index is 0.114. The Morgan fingerprint density at radius 1 is 0.174 bits per heavy atom. The van der Waals surface area contributed by atoms with Crippen LogP contribution < -0.4 is 14.7 Å². The van der Waals surface area contributed by atoms with Crippen molar-refractivity contribution in [3.8, 4) is 83.8 Å². The lowest BCUT2D eigenvalue weighted by Crippen LogP contribution is -2.15. The summed E-state index contributed by atoms with van der Waals surface area (Å²) in [4.78, 5) is 7.03. The van der Waals surface area contributed by atoms with Crippen LogP contribution in [-0.2, 0) is 5.41 Å². The van der Waals surface area contributed by atoms with Crippen LogP contribution in [0.25, 0.3) is 190 Å². The molecule has 0 radical (unpaired) electrons. The highest BCUT2D eigenvalue weighted by atomic mass is 32.1. The Morgan fingerprint density at radius 2 is 0.470 bits per heavy atom. The van der Waals surface area contributed by atoms with Crippen LogP contribution in [0.1, 0.15) is 25.0 Å². The molecule has 0 saturated carbocycles. The monoisotopic (exact) mass is 1940 g/mol. The lowest BCUT2D eigenvalue weighted by atomic mass is 9.80. The summed E-state index contributed by atoms with van der Waals surface area (Å²) in [5.41, 5.74) is 38.4. The molecule has 0 saturated heterocycles. The summed E-state index contributed by atoms with van der Waals surface area (Å²) < 4.78 is 12.7. The number of rotatable bonds is 17. The van der Waals surface area contributed by atoms with E-state index in [2.05, 4.69) is 600 Å². The van der Waals surface area contributed by atoms with E-state index in [4.69, 9.17) is 0 Å². The van der Waals surface area contributed by atoms with Crippen molar-refractivity contribution < 1.29 is 0 Å². The van der Waals surface area contributed by atoms with Crippen molar-refractivity contribution in [2.24, 2.45) is 0 Å². The molecule has 28 aromatic rings. The van der Waals surface area contributed by atoms with Crippen LogP contribution in [-0.4, -0.2) is 13.7 Å². The molecule has 1 aliphatic carbocycles. The Bertz CT molecular complexity index is 9650. The molecule has 23 aromatic carbocycles. The zero-order chi connectivity index (χ0) is 99.0. The first kappa shape index (κ1) is 89.2. The summed E-state index contributed by atoms with van der Waals surface area (Å²) in [5, 5.41) is 13.1. The summed E-state index contributed by atoms with van der Waals surface area (Å²) >= 11 is 3.81. The van der Waals surface area contributed by atoms with Crippen LogP contribution in [0.2, 0.25) is 0 Å². The van der Waals surface area contributed by atoms with E-state index in [-0.39, 0.29) is 5.41 Å². The summed E-state index contributed by atoms with van der Waals surface area (Å²) in [5.74, 6) is 0. The number of thiophene rings is 2. The van der Waals surface area contributed by atoms with Crippen molar-refractivity contribution in [2.75, 3.05) is 14.7 Å². The molecule has 6 nitrogen and oxygen atoms in total. The van der Waals surface area contributed by atoms with E-state index in [0.29, 0.717) is 0 Å². The predicted molar refractivity (Wildman–Crippen MR) is 637 cm³/mol. The van der Waals surface area contributed by atoms with Crippen molar-refractivity contribution in [1.29, 1.82) is 0 Å². The summed E-state index contributed by atoms with van der Waals surface area (Å²) in [6.45, 7) is 4.77. The van der Waals surface area contributed by atoms with Gasteiger partial charge in [0.05, 0.1) is 33.1 Å². The van der Waals surface area contributed by atoms with Crippen LogP contribution >= 0.6 is 22.7 Å². The Hall–Kier alpha value is -18.7. The van der Waals surface area contributed by atoms with E-state index in [9.17, 15) is 0 Å². The van der Waals surface area contributed by atoms with Crippen molar-refractivity contribution in [3.05, 3.63) is 569 Å². The van der Waals surface area contributed by atoms with Gasteiger partial charge in [0.25, 0.3) is 0 Å². The van der Waals surface area contributed by atoms with E-state index in [1.165, 1.54) is 184 Å². The second-order valence-corrected chi connectivity index (χ2v) is 41.0. The third-order valence-corrected chi connectivity index (χ3v) is 32.4. The molecule has 8 heteroatoms. The number of para-hydroxylation sites is 5. The van der Waals surface area contributed by atoms with E-state index in [1.54, 1.807) is 0 Å². The van der Waals surface area contributed by atoms with Gasteiger partial charge in [0.1, 0.15) is 0 Å². The molecular weight excluding hydrogens is 1840 g/mol. The number of anilines is 9. The molecule has 0 unspecified atom stereocenters. The van der Waals surface area contributed by atoms with E-state index in [1.807, 2.05) is 22.7 Å². The lowest BCUT2D eigenvalue weighted by Gasteiger charge is -2.27. The van der Waals surface area contributed by atoms with Gasteiger partial charge in [0.15, 0.2) is 0 Å². The second-order valence-electron chi connectivity index (χ2n) is 38.9. The Morgan fingerprint density at radius 3 is 0.919 bits per heavy atom. The van der Waals surface area contributed by atoms with Gasteiger partial charge in [0, 0.05) is 146 Å². The SMILES string of the molecule is CC1(C)c2ccccc2-c2ccc3c(c21)c1ccccc1n3-c1cccc(N(c2ccc(-c3ccccc3)cc2)c2ccc(-c3ccccc3)cc2)c1.c1ccc(-c2ccc(N(c3ccc(-c4ccccc4)cc3)c3ccc(-n4c5ccccc5c5c6sc7ccccc7c6ccc54)cc3)cc2)cc1.c1ccc(-c2cccc3c2sc2c3ccc3c2c2ccccc2n3-c2ccc(N(c3ccccc3)c3ccccc3)cc2)cc1. The number of benzene rings is 23. The van der Waals surface area contributed by atoms with E-state index in [0.717, 1.165) is 68.2 Å². The molecule has 0 N–H and O–H groups in total. The van der Waals surface area contributed by atoms with Gasteiger partial charge in [-0.25, -0.2) is 0 Å². The van der Waals surface area contributed by atoms with Crippen LogP contribution in [0.4, 0.5) is 51.2 Å². The molecule has 0 bridgehead atoms. The topological polar surface area (TPSA) is 24.5 Å². The Labute approximate surface area is 873 Å². The molecule has 0 aliphatic heterocycles. The maximum atomic E-state index is 2.46. The fraction of sp³-hybridized carbons (Fsp3) is 0.0213. The molecule has 5 heterocycles. The average molecular weight is 1940 g/mol. The minimum Gasteiger partial charge on any atom is -0.311 e. The first-order valence-electron chi connectivity index (χ1n) is 51.1. The second kappa shape index (κ2) is 37.8. The van der Waals surface area contributed by atoms with Gasteiger partial charge in [-0.1, -0.05) is 390 Å². The molecule has 149 heavy (non-hydrogen) atoms. The fourth-order valence-corrected chi connectivity index (χ4v) is 25.7. The van der Waals surface area contributed by atoms with Gasteiger partial charge in [0.2, 0.25) is 0 Å². The molecular formula is C141H98N6S2. The van der Waals surface area contributed by atoms with E-state index >= 15 is 0 Å². The summed E-state index contributed by atoms with van der Waals surface area (Å²) in [6.07, 6.45) is 0. The zero-order valence-corrected chi connectivity index (χ0v) is 83.7. The van der Waals surface area contributed by atoms with Crippen molar-refractivity contribution in [3.63, 3.8) is 0 Å². The number of fused-ring (bicyclic) bond motifs is 21. The minimum atomic E-state index is -0.114. The standard InChI is InChI=1S/C51H38N2.C48H32N2S.C42H28N2S/c1-51(2)46-22-11-9-20-43(46)44-32-33-48-49(50(44)51)45-21-10-12-23-47(45)53(48)42-19-13-18-41(34-42)52(39-28-24-37(25-29-39)35-14-5-3-6-15-35)40-30-26-38(27-31-40)36-16-7-4-8-17-36;1-3-11-33(12-4-1)35-19-23-37(24-20-35)49(38-25-21-36(22-26-38)34-13-5-2-6-14-34)39-27-29-40(30-28-39)50-44-17-9-7-16-43(44)47-45(50)32-31-42-41-15-8-10-18-46(41)51-48(42)47;1-4-13-29(14-5-1)34-20-12-21-35-36-27-28-39-40(42(36)45-41(34)35)37-19-10-11-22-38(37)44(39)33-25-23-32(24-26-33)43(30-15-6-2-7-16-30)31-17-8-3-9-18-31/h3-34H,1-2H3;1-32H;1-28H. The third kappa shape index (κ3) is 15.9. The maximum absolute atomic E-state index is 2.46. The quantitative estimate of drug-likeness (QED) is 0.0908. The highest BCUT2D eigenvalue weighted by molar-refractivity contribution is 7.27. The van der Waals surface area contributed by atoms with Gasteiger partial charge in [-0.05, 0) is 260 Å². The van der Waals surface area contributed by atoms with Gasteiger partial charge >= 0.3 is 0 Å². The van der Waals surface area contributed by atoms with Crippen LogP contribution in [0.15, 0.2) is 558 Å². The third-order valence-electron chi connectivity index (χ3n) is 30.0. The molecule has 0 fully saturated rings. The van der Waals surface area contributed by atoms with Gasteiger partial charge < -0.3 is 28.4 Å². The highest BCUT2D eigenvalue weighted by Gasteiger charge is 2.39. The van der Waals surface area contributed by atoms with Gasteiger partial charge in [-0.3, -0.25) is 0 Å². The molecule has 0 amide bonds. The molecule has 704 valence electrons. The number of hydrogen-bond donors (Lipinski definition) is 0. The average Bonchev–Trinajstić information content (AvgIpc) is 1.11. The molecule has 0 atom stereocenters. The first-order chi connectivity index (χ1) is 73.7. The molecule has 0 spiro atoms. The van der Waals surface area contributed by atoms with Gasteiger partial charge in [-0.2, -0.15) is 0 Å². The smallest absolute Gasteiger partial charge is 0.0555 e. The fourth-order valence-electron chi connectivity index (χ4n) is 23.1. The largest absolute Gasteiger partial charge is 0.311 e. The molecule has 1 aliphatic rings. The lowest BCUT2D eigenvalue weighted by molar-refractivity contribution is 0.666. The number of nitrogens with zero attached hydrogens (tertiary/aromatic N) is 6. The number of hydrogen-bond acceptors (Lipinski definition) is 5. The summed E-state index contributed by atoms with van der Waals surface area (Å²) in [7, 11) is 0. The Balaban J connectivity index is 0.000000110. The predicted octanol–water partition coefficient (Wildman–Crippen LogP) is 40.1. The molecule has 5 aromatic heterocycles. The number of aromatic nitrogens is 3. The van der Waals surface area contributed by atoms with Gasteiger partial charge in [-0.15, -0.1) is 22.7 Å². The first-order valence-corrected chi connectivity index (χ1v) is 52.7.